The summed E-state index contributed by atoms with van der Waals surface area (Å²) < 4.78 is 12.3. The molecule has 0 saturated heterocycles. The standard InChI is InChI=1S/C16H28O2Si2/c1-12(2)20(13(3)4)11-14-8-9-15(17-5)10-16(14)19(6,7)18-20/h8-10,12-13H,11H2,1-7H3. The lowest BCUT2D eigenvalue weighted by molar-refractivity contribution is 0.414. The molecule has 0 spiro atoms. The molecule has 20 heavy (non-hydrogen) atoms. The van der Waals surface area contributed by atoms with Crippen molar-refractivity contribution in [3.05, 3.63) is 23.8 Å². The fraction of sp³-hybridized carbons (Fsp3) is 0.625. The molecule has 0 aliphatic carbocycles. The first-order valence-electron chi connectivity index (χ1n) is 7.60. The summed E-state index contributed by atoms with van der Waals surface area (Å²) in [6.07, 6.45) is 0. The van der Waals surface area contributed by atoms with Crippen molar-refractivity contribution in [2.24, 2.45) is 0 Å². The molecule has 1 heterocycles. The molecule has 0 bridgehead atoms. The van der Waals surface area contributed by atoms with E-state index in [1.807, 2.05) is 0 Å². The van der Waals surface area contributed by atoms with Gasteiger partial charge in [0.1, 0.15) is 5.75 Å². The Morgan fingerprint density at radius 1 is 1.10 bits per heavy atom. The van der Waals surface area contributed by atoms with Crippen molar-refractivity contribution >= 4 is 21.8 Å². The van der Waals surface area contributed by atoms with Gasteiger partial charge in [-0.1, -0.05) is 33.8 Å². The number of rotatable bonds is 3. The highest BCUT2D eigenvalue weighted by molar-refractivity contribution is 6.95. The molecule has 112 valence electrons. The van der Waals surface area contributed by atoms with Gasteiger partial charge >= 0.3 is 0 Å². The summed E-state index contributed by atoms with van der Waals surface area (Å²) in [5.74, 6) is 0.955. The lowest BCUT2D eigenvalue weighted by atomic mass is 10.2. The molecule has 0 unspecified atom stereocenters. The Bertz CT molecular complexity index is 487. The summed E-state index contributed by atoms with van der Waals surface area (Å²) >= 11 is 0. The summed E-state index contributed by atoms with van der Waals surface area (Å²) in [5, 5.41) is 1.43. The van der Waals surface area contributed by atoms with Gasteiger partial charge in [-0.05, 0) is 53.1 Å². The zero-order chi connectivity index (χ0) is 15.1. The zero-order valence-electron chi connectivity index (χ0n) is 13.9. The van der Waals surface area contributed by atoms with Crippen LogP contribution in [0, 0.1) is 0 Å². The Labute approximate surface area is 125 Å². The quantitative estimate of drug-likeness (QED) is 0.786. The van der Waals surface area contributed by atoms with Crippen LogP contribution in [0.4, 0.5) is 0 Å². The average molecular weight is 309 g/mol. The number of benzene rings is 1. The monoisotopic (exact) mass is 308 g/mol. The second-order valence-electron chi connectivity index (χ2n) is 7.08. The average Bonchev–Trinajstić information content (AvgIpc) is 2.37. The van der Waals surface area contributed by atoms with Crippen LogP contribution in [0.3, 0.4) is 0 Å². The van der Waals surface area contributed by atoms with Gasteiger partial charge in [0.05, 0.1) is 7.11 Å². The van der Waals surface area contributed by atoms with Gasteiger partial charge in [0.15, 0.2) is 8.32 Å². The van der Waals surface area contributed by atoms with Gasteiger partial charge < -0.3 is 8.85 Å². The van der Waals surface area contributed by atoms with E-state index >= 15 is 0 Å². The first-order chi connectivity index (χ1) is 9.23. The van der Waals surface area contributed by atoms with Gasteiger partial charge in [-0.3, -0.25) is 0 Å². The summed E-state index contributed by atoms with van der Waals surface area (Å²) in [7, 11) is -1.83. The Hall–Kier alpha value is -0.586. The predicted octanol–water partition coefficient (Wildman–Crippen LogP) is 3.98. The molecule has 0 atom stereocenters. The minimum absolute atomic E-state index is 0.657. The van der Waals surface area contributed by atoms with E-state index in [0.29, 0.717) is 11.1 Å². The summed E-state index contributed by atoms with van der Waals surface area (Å²) in [4.78, 5) is 0. The van der Waals surface area contributed by atoms with E-state index in [-0.39, 0.29) is 0 Å². The highest BCUT2D eigenvalue weighted by Crippen LogP contribution is 2.41. The maximum absolute atomic E-state index is 6.93. The molecule has 1 aliphatic heterocycles. The van der Waals surface area contributed by atoms with E-state index in [9.17, 15) is 0 Å². The second-order valence-corrected chi connectivity index (χ2v) is 16.0. The third-order valence-electron chi connectivity index (χ3n) is 4.83. The van der Waals surface area contributed by atoms with Gasteiger partial charge in [0.25, 0.3) is 0 Å². The van der Waals surface area contributed by atoms with Crippen LogP contribution in [0.1, 0.15) is 33.3 Å². The molecule has 1 aromatic carbocycles. The van der Waals surface area contributed by atoms with Crippen molar-refractivity contribution in [1.29, 1.82) is 0 Å². The minimum Gasteiger partial charge on any atom is -0.497 e. The van der Waals surface area contributed by atoms with Crippen molar-refractivity contribution in [3.63, 3.8) is 0 Å². The van der Waals surface area contributed by atoms with Crippen LogP contribution in [-0.2, 0) is 10.2 Å². The number of fused-ring (bicyclic) bond motifs is 1. The van der Waals surface area contributed by atoms with E-state index in [2.05, 4.69) is 59.0 Å². The predicted molar refractivity (Wildman–Crippen MR) is 90.8 cm³/mol. The van der Waals surface area contributed by atoms with E-state index in [1.54, 1.807) is 7.11 Å². The second kappa shape index (κ2) is 5.31. The van der Waals surface area contributed by atoms with E-state index in [1.165, 1.54) is 10.8 Å². The van der Waals surface area contributed by atoms with E-state index in [0.717, 1.165) is 11.8 Å². The molecule has 2 nitrogen and oxygen atoms in total. The van der Waals surface area contributed by atoms with Gasteiger partial charge in [0.2, 0.25) is 8.32 Å². The first kappa shape index (κ1) is 15.8. The molecule has 0 fully saturated rings. The Morgan fingerprint density at radius 3 is 2.20 bits per heavy atom. The SMILES string of the molecule is COc1ccc2c(c1)[Si](C)(C)O[Si](C(C)C)(C(C)C)C2. The summed E-state index contributed by atoms with van der Waals surface area (Å²) in [6, 6.07) is 7.74. The molecule has 0 aromatic heterocycles. The number of methoxy groups -OCH3 is 1. The van der Waals surface area contributed by atoms with Crippen molar-refractivity contribution in [3.8, 4) is 5.75 Å². The van der Waals surface area contributed by atoms with Gasteiger partial charge in [-0.2, -0.15) is 0 Å². The van der Waals surface area contributed by atoms with Crippen molar-refractivity contribution < 1.29 is 8.85 Å². The minimum atomic E-state index is -1.84. The third-order valence-corrected chi connectivity index (χ3v) is 15.0. The lowest BCUT2D eigenvalue weighted by Gasteiger charge is -2.49. The van der Waals surface area contributed by atoms with Gasteiger partial charge in [-0.15, -0.1) is 0 Å². The van der Waals surface area contributed by atoms with Gasteiger partial charge in [-0.25, -0.2) is 0 Å². The van der Waals surface area contributed by atoms with Crippen LogP contribution in [0.5, 0.6) is 5.75 Å². The number of hydrogen-bond donors (Lipinski definition) is 0. The Morgan fingerprint density at radius 2 is 1.70 bits per heavy atom. The van der Waals surface area contributed by atoms with Crippen LogP contribution < -0.4 is 9.92 Å². The Balaban J connectivity index is 2.54. The van der Waals surface area contributed by atoms with Crippen LogP contribution in [0.15, 0.2) is 18.2 Å². The number of hydrogen-bond acceptors (Lipinski definition) is 2. The van der Waals surface area contributed by atoms with Crippen LogP contribution in [0.2, 0.25) is 24.2 Å². The topological polar surface area (TPSA) is 18.5 Å². The van der Waals surface area contributed by atoms with E-state index in [4.69, 9.17) is 8.85 Å². The maximum Gasteiger partial charge on any atom is 0.206 e. The van der Waals surface area contributed by atoms with Crippen LogP contribution in [0.25, 0.3) is 0 Å². The van der Waals surface area contributed by atoms with E-state index < -0.39 is 16.6 Å². The van der Waals surface area contributed by atoms with Crippen LogP contribution >= 0.6 is 0 Å². The molecule has 1 aliphatic rings. The smallest absolute Gasteiger partial charge is 0.206 e. The number of ether oxygens (including phenoxy) is 1. The zero-order valence-corrected chi connectivity index (χ0v) is 15.9. The molecular formula is C16H28O2Si2. The Kier molecular flexibility index (Phi) is 4.20. The first-order valence-corrected chi connectivity index (χ1v) is 12.8. The molecule has 0 amide bonds. The molecule has 2 rings (SSSR count). The highest BCUT2D eigenvalue weighted by atomic mass is 28.4. The van der Waals surface area contributed by atoms with Crippen LogP contribution in [-0.4, -0.2) is 23.7 Å². The lowest BCUT2D eigenvalue weighted by Crippen LogP contribution is -2.64. The largest absolute Gasteiger partial charge is 0.497 e. The maximum atomic E-state index is 6.93. The molecule has 0 radical (unpaired) electrons. The summed E-state index contributed by atoms with van der Waals surface area (Å²) in [6.45, 7) is 14.1. The van der Waals surface area contributed by atoms with Crippen molar-refractivity contribution in [1.82, 2.24) is 0 Å². The molecule has 0 saturated carbocycles. The summed E-state index contributed by atoms with van der Waals surface area (Å²) in [5.41, 5.74) is 2.83. The molecular weight excluding hydrogens is 280 g/mol. The fourth-order valence-corrected chi connectivity index (χ4v) is 14.7. The van der Waals surface area contributed by atoms with Gasteiger partial charge in [0, 0.05) is 0 Å². The molecule has 0 N–H and O–H groups in total. The third kappa shape index (κ3) is 2.49. The molecule has 4 heteroatoms. The normalized spacial score (nSPS) is 20.1. The molecule has 1 aromatic rings. The van der Waals surface area contributed by atoms with Crippen molar-refractivity contribution in [2.45, 2.75) is 57.9 Å². The fourth-order valence-electron chi connectivity index (χ4n) is 3.57. The van der Waals surface area contributed by atoms with Crippen molar-refractivity contribution in [2.75, 3.05) is 7.11 Å². The highest BCUT2D eigenvalue weighted by Gasteiger charge is 2.50.